The maximum atomic E-state index is 12.2. The van der Waals surface area contributed by atoms with E-state index in [1.807, 2.05) is 6.92 Å². The van der Waals surface area contributed by atoms with Crippen LogP contribution in [0.15, 0.2) is 40.9 Å². The average molecular weight is 389 g/mol. The number of carbonyl (C=O) groups excluding carboxylic acids is 1. The minimum Gasteiger partial charge on any atom is -0.507 e. The normalized spacial score (nSPS) is 12.0. The third-order valence-electron chi connectivity index (χ3n) is 2.98. The van der Waals surface area contributed by atoms with Crippen LogP contribution in [0.3, 0.4) is 0 Å². The van der Waals surface area contributed by atoms with Crippen molar-refractivity contribution in [1.82, 2.24) is 5.32 Å². The zero-order valence-electron chi connectivity index (χ0n) is 11.0. The van der Waals surface area contributed by atoms with Crippen LogP contribution >= 0.6 is 39.1 Å². The molecule has 0 spiro atoms. The number of phenolic OH excluding ortho intramolecular Hbond substituents is 1. The van der Waals surface area contributed by atoms with Crippen LogP contribution in [0.5, 0.6) is 5.75 Å². The van der Waals surface area contributed by atoms with Gasteiger partial charge in [0.05, 0.1) is 10.5 Å². The van der Waals surface area contributed by atoms with Crippen LogP contribution in [0, 0.1) is 0 Å². The van der Waals surface area contributed by atoms with Crippen LogP contribution in [-0.2, 0) is 0 Å². The highest BCUT2D eigenvalue weighted by Gasteiger charge is 2.15. The fourth-order valence-electron chi connectivity index (χ4n) is 1.86. The van der Waals surface area contributed by atoms with Crippen molar-refractivity contribution < 1.29 is 9.90 Å². The summed E-state index contributed by atoms with van der Waals surface area (Å²) in [6.45, 7) is 1.83. The molecule has 0 bridgehead atoms. The summed E-state index contributed by atoms with van der Waals surface area (Å²) in [5.41, 5.74) is 1.14. The van der Waals surface area contributed by atoms with E-state index in [0.29, 0.717) is 20.1 Å². The molecule has 0 radical (unpaired) electrons. The minimum atomic E-state index is -0.295. The molecule has 2 N–H and O–H groups in total. The maximum absolute atomic E-state index is 12.2. The molecule has 0 aliphatic heterocycles. The van der Waals surface area contributed by atoms with Crippen LogP contribution < -0.4 is 5.32 Å². The lowest BCUT2D eigenvalue weighted by Gasteiger charge is -2.16. The van der Waals surface area contributed by atoms with Gasteiger partial charge in [-0.25, -0.2) is 0 Å². The zero-order chi connectivity index (χ0) is 15.6. The van der Waals surface area contributed by atoms with E-state index in [-0.39, 0.29) is 17.7 Å². The van der Waals surface area contributed by atoms with Gasteiger partial charge in [-0.05, 0) is 58.7 Å². The highest BCUT2D eigenvalue weighted by molar-refractivity contribution is 9.10. The summed E-state index contributed by atoms with van der Waals surface area (Å²) in [5.74, 6) is -0.281. The number of nitrogens with one attached hydrogen (secondary N) is 1. The Hall–Kier alpha value is -1.23. The molecule has 2 aromatic rings. The van der Waals surface area contributed by atoms with Gasteiger partial charge in [0.25, 0.3) is 5.91 Å². The monoisotopic (exact) mass is 387 g/mol. The van der Waals surface area contributed by atoms with Crippen molar-refractivity contribution in [3.63, 3.8) is 0 Å². The lowest BCUT2D eigenvalue weighted by atomic mass is 10.1. The lowest BCUT2D eigenvalue weighted by molar-refractivity contribution is 0.0939. The average Bonchev–Trinajstić information content (AvgIpc) is 2.41. The van der Waals surface area contributed by atoms with Crippen molar-refractivity contribution in [2.45, 2.75) is 13.0 Å². The van der Waals surface area contributed by atoms with Gasteiger partial charge in [0.2, 0.25) is 0 Å². The molecular formula is C15H12BrCl2NO2. The number of amides is 1. The number of phenols is 1. The Morgan fingerprint density at radius 2 is 1.95 bits per heavy atom. The first-order valence-electron chi connectivity index (χ1n) is 6.13. The highest BCUT2D eigenvalue weighted by atomic mass is 79.9. The molecule has 1 atom stereocenters. The Morgan fingerprint density at radius 1 is 1.24 bits per heavy atom. The molecule has 0 heterocycles. The topological polar surface area (TPSA) is 49.3 Å². The third kappa shape index (κ3) is 3.90. The Kier molecular flexibility index (Phi) is 5.14. The van der Waals surface area contributed by atoms with Gasteiger partial charge in [0.15, 0.2) is 0 Å². The van der Waals surface area contributed by atoms with Crippen molar-refractivity contribution in [2.75, 3.05) is 0 Å². The number of carbonyl (C=O) groups is 1. The third-order valence-corrected chi connectivity index (χ3v) is 4.22. The maximum Gasteiger partial charge on any atom is 0.251 e. The molecule has 3 nitrogen and oxygen atoms in total. The first kappa shape index (κ1) is 16.1. The van der Waals surface area contributed by atoms with E-state index in [1.54, 1.807) is 30.3 Å². The van der Waals surface area contributed by atoms with Crippen molar-refractivity contribution in [2.24, 2.45) is 0 Å². The molecule has 0 saturated heterocycles. The second kappa shape index (κ2) is 6.69. The summed E-state index contributed by atoms with van der Waals surface area (Å²) >= 11 is 15.1. The molecule has 2 aromatic carbocycles. The molecular weight excluding hydrogens is 377 g/mol. The fraction of sp³-hybridized carbons (Fsp3) is 0.133. The van der Waals surface area contributed by atoms with Crippen LogP contribution in [0.25, 0.3) is 0 Å². The minimum absolute atomic E-state index is 0.0137. The molecule has 1 unspecified atom stereocenters. The van der Waals surface area contributed by atoms with Crippen LogP contribution in [0.1, 0.15) is 28.9 Å². The number of hydrogen-bond acceptors (Lipinski definition) is 2. The molecule has 0 aromatic heterocycles. The van der Waals surface area contributed by atoms with E-state index < -0.39 is 0 Å². The van der Waals surface area contributed by atoms with E-state index >= 15 is 0 Å². The fourth-order valence-corrected chi connectivity index (χ4v) is 2.68. The molecule has 0 aliphatic carbocycles. The van der Waals surface area contributed by atoms with E-state index in [1.165, 1.54) is 6.07 Å². The summed E-state index contributed by atoms with van der Waals surface area (Å²) in [4.78, 5) is 12.2. The Bertz CT molecular complexity index is 691. The quantitative estimate of drug-likeness (QED) is 0.781. The standard InChI is InChI=1S/C15H12BrCl2NO2/c1-8(11-4-3-10(17)7-13(11)18)19-15(21)9-2-5-12(16)14(20)6-9/h2-8,20H,1H3,(H,19,21). The summed E-state index contributed by atoms with van der Waals surface area (Å²) in [6.07, 6.45) is 0. The van der Waals surface area contributed by atoms with Gasteiger partial charge in [0, 0.05) is 15.6 Å². The van der Waals surface area contributed by atoms with E-state index in [9.17, 15) is 9.90 Å². The van der Waals surface area contributed by atoms with Gasteiger partial charge in [0.1, 0.15) is 5.75 Å². The number of rotatable bonds is 3. The van der Waals surface area contributed by atoms with Crippen molar-refractivity contribution in [1.29, 1.82) is 0 Å². The molecule has 6 heteroatoms. The van der Waals surface area contributed by atoms with Gasteiger partial charge in [-0.15, -0.1) is 0 Å². The smallest absolute Gasteiger partial charge is 0.251 e. The Morgan fingerprint density at radius 3 is 2.57 bits per heavy atom. The van der Waals surface area contributed by atoms with Gasteiger partial charge in [-0.1, -0.05) is 29.3 Å². The van der Waals surface area contributed by atoms with Crippen LogP contribution in [0.2, 0.25) is 10.0 Å². The molecule has 2 rings (SSSR count). The number of benzene rings is 2. The van der Waals surface area contributed by atoms with Crippen molar-refractivity contribution in [3.8, 4) is 5.75 Å². The second-order valence-corrected chi connectivity index (χ2v) is 6.23. The van der Waals surface area contributed by atoms with Gasteiger partial charge in [-0.3, -0.25) is 4.79 Å². The second-order valence-electron chi connectivity index (χ2n) is 4.53. The molecule has 21 heavy (non-hydrogen) atoms. The molecule has 1 amide bonds. The highest BCUT2D eigenvalue weighted by Crippen LogP contribution is 2.27. The van der Waals surface area contributed by atoms with Crippen molar-refractivity contribution >= 4 is 45.0 Å². The Balaban J connectivity index is 2.16. The summed E-state index contributed by atoms with van der Waals surface area (Å²) in [7, 11) is 0. The first-order chi connectivity index (χ1) is 9.88. The molecule has 0 saturated carbocycles. The van der Waals surface area contributed by atoms with Gasteiger partial charge >= 0.3 is 0 Å². The number of halogens is 3. The lowest BCUT2D eigenvalue weighted by Crippen LogP contribution is -2.26. The van der Waals surface area contributed by atoms with Crippen LogP contribution in [0.4, 0.5) is 0 Å². The molecule has 0 fully saturated rings. The largest absolute Gasteiger partial charge is 0.507 e. The van der Waals surface area contributed by atoms with Crippen molar-refractivity contribution in [3.05, 3.63) is 62.0 Å². The summed E-state index contributed by atoms with van der Waals surface area (Å²) < 4.78 is 0.535. The predicted octanol–water partition coefficient (Wildman–Crippen LogP) is 4.95. The summed E-state index contributed by atoms with van der Waals surface area (Å²) in [5, 5.41) is 13.5. The molecule has 0 aliphatic rings. The zero-order valence-corrected chi connectivity index (χ0v) is 14.1. The predicted molar refractivity (Wildman–Crippen MR) is 88.2 cm³/mol. The van der Waals surface area contributed by atoms with Gasteiger partial charge in [-0.2, -0.15) is 0 Å². The summed E-state index contributed by atoms with van der Waals surface area (Å²) in [6, 6.07) is 9.47. The van der Waals surface area contributed by atoms with Gasteiger partial charge < -0.3 is 10.4 Å². The SMILES string of the molecule is CC(NC(=O)c1ccc(Br)c(O)c1)c1ccc(Cl)cc1Cl. The number of aromatic hydroxyl groups is 1. The van der Waals surface area contributed by atoms with E-state index in [4.69, 9.17) is 23.2 Å². The first-order valence-corrected chi connectivity index (χ1v) is 7.67. The number of hydrogen-bond donors (Lipinski definition) is 2. The van der Waals surface area contributed by atoms with E-state index in [0.717, 1.165) is 5.56 Å². The van der Waals surface area contributed by atoms with Crippen LogP contribution in [-0.4, -0.2) is 11.0 Å². The molecule has 110 valence electrons. The van der Waals surface area contributed by atoms with E-state index in [2.05, 4.69) is 21.2 Å². The Labute approximate surface area is 141 Å².